The Morgan fingerprint density at radius 1 is 0.966 bits per heavy atom. The molecule has 154 valence electrons. The van der Waals surface area contributed by atoms with E-state index in [0.29, 0.717) is 4.88 Å². The average Bonchev–Trinajstić information content (AvgIpc) is 3.49. The van der Waals surface area contributed by atoms with Crippen molar-refractivity contribution in [2.24, 2.45) is 5.92 Å². The molecule has 2 N–H and O–H groups in total. The van der Waals surface area contributed by atoms with E-state index in [1.807, 2.05) is 12.1 Å². The molecule has 2 fully saturated rings. The maximum atomic E-state index is 12.5. The summed E-state index contributed by atoms with van der Waals surface area (Å²) in [6.45, 7) is 8.75. The van der Waals surface area contributed by atoms with Gasteiger partial charge in [-0.2, -0.15) is 0 Å². The first kappa shape index (κ1) is 20.1. The normalized spacial score (nSPS) is 17.8. The molecule has 4 rings (SSSR count). The highest BCUT2D eigenvalue weighted by atomic mass is 32.1. The van der Waals surface area contributed by atoms with Crippen LogP contribution in [0.25, 0.3) is 0 Å². The first-order valence-electron chi connectivity index (χ1n) is 10.4. The van der Waals surface area contributed by atoms with Gasteiger partial charge in [0.2, 0.25) is 5.91 Å². The molecule has 0 atom stereocenters. The van der Waals surface area contributed by atoms with Crippen molar-refractivity contribution in [1.29, 1.82) is 0 Å². The number of anilines is 2. The minimum Gasteiger partial charge on any atom is -0.321 e. The van der Waals surface area contributed by atoms with Crippen LogP contribution in [0.5, 0.6) is 0 Å². The highest BCUT2D eigenvalue weighted by molar-refractivity contribution is 7.18. The second-order valence-corrected chi connectivity index (χ2v) is 8.87. The molecular weight excluding hydrogens is 384 g/mol. The number of carbonyl (C=O) groups is 2. The molecule has 7 heteroatoms. The largest absolute Gasteiger partial charge is 0.321 e. The molecule has 1 aromatic heterocycles. The van der Waals surface area contributed by atoms with Gasteiger partial charge in [-0.1, -0.05) is 19.1 Å². The fourth-order valence-electron chi connectivity index (χ4n) is 3.50. The van der Waals surface area contributed by atoms with Crippen LogP contribution in [0.3, 0.4) is 0 Å². The predicted octanol–water partition coefficient (Wildman–Crippen LogP) is 3.49. The lowest BCUT2D eigenvalue weighted by Gasteiger charge is -2.34. The molecule has 0 unspecified atom stereocenters. The maximum absolute atomic E-state index is 12.5. The van der Waals surface area contributed by atoms with Crippen molar-refractivity contribution < 1.29 is 9.59 Å². The number of thiophene rings is 1. The summed E-state index contributed by atoms with van der Waals surface area (Å²) in [5.41, 5.74) is 2.04. The zero-order chi connectivity index (χ0) is 20.2. The molecule has 1 saturated heterocycles. The molecule has 2 amide bonds. The average molecular weight is 413 g/mol. The Hall–Kier alpha value is -2.22. The van der Waals surface area contributed by atoms with Crippen LogP contribution in [0.15, 0.2) is 36.4 Å². The molecule has 1 saturated carbocycles. The zero-order valence-electron chi connectivity index (χ0n) is 16.8. The lowest BCUT2D eigenvalue weighted by molar-refractivity contribution is -0.117. The molecule has 0 spiro atoms. The molecular formula is C22H28N4O2S. The molecule has 0 bridgehead atoms. The third-order valence-corrected chi connectivity index (χ3v) is 6.55. The van der Waals surface area contributed by atoms with Crippen LogP contribution >= 0.6 is 11.3 Å². The number of carbonyl (C=O) groups excluding carboxylic acids is 2. The van der Waals surface area contributed by atoms with Gasteiger partial charge in [0.1, 0.15) is 0 Å². The molecule has 0 radical (unpaired) electrons. The van der Waals surface area contributed by atoms with Gasteiger partial charge < -0.3 is 15.5 Å². The fourth-order valence-corrected chi connectivity index (χ4v) is 4.31. The maximum Gasteiger partial charge on any atom is 0.265 e. The van der Waals surface area contributed by atoms with Gasteiger partial charge in [0.15, 0.2) is 0 Å². The highest BCUT2D eigenvalue weighted by Gasteiger charge is 2.29. The van der Waals surface area contributed by atoms with E-state index in [9.17, 15) is 9.59 Å². The van der Waals surface area contributed by atoms with E-state index in [-0.39, 0.29) is 17.7 Å². The summed E-state index contributed by atoms with van der Waals surface area (Å²) in [5.74, 6) is 0.0688. The number of amides is 2. The zero-order valence-corrected chi connectivity index (χ0v) is 17.6. The van der Waals surface area contributed by atoms with E-state index in [0.717, 1.165) is 62.8 Å². The standard InChI is InChI=1S/C22H28N4O2S/c1-2-25-11-13-26(14-12-25)15-16-3-7-18(8-4-16)23-22(28)19-9-10-20(29-19)24-21(27)17-5-6-17/h3-4,7-10,17H,2,5-6,11-15H2,1H3,(H,23,28)(H,24,27). The first-order chi connectivity index (χ1) is 14.1. The van der Waals surface area contributed by atoms with Crippen LogP contribution in [0.2, 0.25) is 0 Å². The van der Waals surface area contributed by atoms with Gasteiger partial charge in [-0.25, -0.2) is 0 Å². The van der Waals surface area contributed by atoms with Crippen molar-refractivity contribution in [3.63, 3.8) is 0 Å². The van der Waals surface area contributed by atoms with Crippen LogP contribution in [0.1, 0.15) is 35.0 Å². The Kier molecular flexibility index (Phi) is 6.28. The smallest absolute Gasteiger partial charge is 0.265 e. The summed E-state index contributed by atoms with van der Waals surface area (Å²) in [6, 6.07) is 11.6. The second kappa shape index (κ2) is 9.07. The number of hydrogen-bond donors (Lipinski definition) is 2. The van der Waals surface area contributed by atoms with Crippen molar-refractivity contribution in [2.45, 2.75) is 26.3 Å². The summed E-state index contributed by atoms with van der Waals surface area (Å²) in [6.07, 6.45) is 1.94. The summed E-state index contributed by atoms with van der Waals surface area (Å²) in [5, 5.41) is 6.56. The Balaban J connectivity index is 1.27. The van der Waals surface area contributed by atoms with E-state index < -0.39 is 0 Å². The minimum absolute atomic E-state index is 0.0607. The van der Waals surface area contributed by atoms with Crippen LogP contribution in [0.4, 0.5) is 10.7 Å². The van der Waals surface area contributed by atoms with Gasteiger partial charge >= 0.3 is 0 Å². The van der Waals surface area contributed by atoms with Crippen molar-refractivity contribution in [3.05, 3.63) is 46.8 Å². The van der Waals surface area contributed by atoms with Crippen molar-refractivity contribution in [1.82, 2.24) is 9.80 Å². The minimum atomic E-state index is -0.148. The van der Waals surface area contributed by atoms with Crippen LogP contribution in [0, 0.1) is 5.92 Å². The Morgan fingerprint density at radius 2 is 1.66 bits per heavy atom. The Morgan fingerprint density at radius 3 is 2.31 bits per heavy atom. The fraction of sp³-hybridized carbons (Fsp3) is 0.455. The number of piperazine rings is 1. The SMILES string of the molecule is CCN1CCN(Cc2ccc(NC(=O)c3ccc(NC(=O)C4CC4)s3)cc2)CC1. The van der Waals surface area contributed by atoms with Crippen LogP contribution < -0.4 is 10.6 Å². The van der Waals surface area contributed by atoms with Gasteiger partial charge in [-0.05, 0) is 49.2 Å². The lowest BCUT2D eigenvalue weighted by atomic mass is 10.1. The molecule has 2 heterocycles. The number of hydrogen-bond acceptors (Lipinski definition) is 5. The molecule has 2 aliphatic rings. The van der Waals surface area contributed by atoms with Gasteiger partial charge in [0, 0.05) is 44.3 Å². The number of nitrogens with zero attached hydrogens (tertiary/aromatic N) is 2. The number of rotatable bonds is 7. The monoisotopic (exact) mass is 412 g/mol. The van der Waals surface area contributed by atoms with E-state index >= 15 is 0 Å². The van der Waals surface area contributed by atoms with Crippen LogP contribution in [-0.2, 0) is 11.3 Å². The van der Waals surface area contributed by atoms with Crippen molar-refractivity contribution in [3.8, 4) is 0 Å². The molecule has 2 aromatic rings. The summed E-state index contributed by atoms with van der Waals surface area (Å²) in [4.78, 5) is 29.9. The molecule has 1 aliphatic heterocycles. The summed E-state index contributed by atoms with van der Waals surface area (Å²) >= 11 is 1.31. The number of nitrogens with one attached hydrogen (secondary N) is 2. The molecule has 1 aliphatic carbocycles. The lowest BCUT2D eigenvalue weighted by Crippen LogP contribution is -2.45. The van der Waals surface area contributed by atoms with Crippen molar-refractivity contribution >= 4 is 33.8 Å². The topological polar surface area (TPSA) is 64.7 Å². The Labute approximate surface area is 175 Å². The third kappa shape index (κ3) is 5.44. The number of likely N-dealkylation sites (N-methyl/N-ethyl adjacent to an activating group) is 1. The third-order valence-electron chi connectivity index (χ3n) is 5.55. The highest BCUT2D eigenvalue weighted by Crippen LogP contribution is 2.31. The molecule has 29 heavy (non-hydrogen) atoms. The first-order valence-corrected chi connectivity index (χ1v) is 11.2. The Bertz CT molecular complexity index is 852. The summed E-state index contributed by atoms with van der Waals surface area (Å²) in [7, 11) is 0. The molecule has 6 nitrogen and oxygen atoms in total. The molecule has 1 aromatic carbocycles. The predicted molar refractivity (Wildman–Crippen MR) is 117 cm³/mol. The summed E-state index contributed by atoms with van der Waals surface area (Å²) < 4.78 is 0. The number of benzene rings is 1. The van der Waals surface area contributed by atoms with Gasteiger partial charge in [-0.15, -0.1) is 11.3 Å². The van der Waals surface area contributed by atoms with E-state index in [2.05, 4.69) is 39.5 Å². The van der Waals surface area contributed by atoms with Gasteiger partial charge in [0.05, 0.1) is 9.88 Å². The van der Waals surface area contributed by atoms with E-state index in [4.69, 9.17) is 0 Å². The van der Waals surface area contributed by atoms with E-state index in [1.54, 1.807) is 12.1 Å². The van der Waals surface area contributed by atoms with Crippen LogP contribution in [-0.4, -0.2) is 54.3 Å². The van der Waals surface area contributed by atoms with E-state index in [1.165, 1.54) is 16.9 Å². The van der Waals surface area contributed by atoms with Gasteiger partial charge in [-0.3, -0.25) is 14.5 Å². The van der Waals surface area contributed by atoms with Gasteiger partial charge in [0.25, 0.3) is 5.91 Å². The quantitative estimate of drug-likeness (QED) is 0.731. The second-order valence-electron chi connectivity index (χ2n) is 7.79. The van der Waals surface area contributed by atoms with Crippen molar-refractivity contribution in [2.75, 3.05) is 43.4 Å².